The number of rotatable bonds is 7. The van der Waals surface area contributed by atoms with Gasteiger partial charge in [-0.25, -0.2) is 0 Å². The van der Waals surface area contributed by atoms with Gasteiger partial charge in [0.2, 0.25) is 0 Å². The van der Waals surface area contributed by atoms with Crippen LogP contribution in [0.15, 0.2) is 67.2 Å². The third-order valence-electron chi connectivity index (χ3n) is 3.58. The van der Waals surface area contributed by atoms with Gasteiger partial charge in [-0.1, -0.05) is 0 Å². The Morgan fingerprint density at radius 3 is 2.85 bits per heavy atom. The van der Waals surface area contributed by atoms with Gasteiger partial charge in [-0.2, -0.15) is 0 Å². The average molecular weight is 504 g/mol. The summed E-state index contributed by atoms with van der Waals surface area (Å²) in [6, 6.07) is 7.05. The number of nitrogens with two attached hydrogens (primary N) is 1. The summed E-state index contributed by atoms with van der Waals surface area (Å²) < 4.78 is 30.3. The van der Waals surface area contributed by atoms with Crippen molar-refractivity contribution in [3.8, 4) is 0 Å². The fourth-order valence-corrected chi connectivity index (χ4v) is 6.29. The van der Waals surface area contributed by atoms with E-state index in [2.05, 4.69) is 9.71 Å². The first-order valence-corrected chi connectivity index (χ1v) is 12.6. The van der Waals surface area contributed by atoms with E-state index in [1.807, 2.05) is 45.1 Å². The molecule has 1 aliphatic rings. The van der Waals surface area contributed by atoms with Crippen LogP contribution in [-0.2, 0) is 10.0 Å². The molecule has 0 saturated heterocycles. The summed E-state index contributed by atoms with van der Waals surface area (Å²) in [6.45, 7) is 6.00. The molecule has 0 unspecified atom stereocenters. The fraction of sp³-hybridized carbons (Fsp3) is 0.278. The molecule has 1 aromatic rings. The first-order chi connectivity index (χ1) is 12.4. The van der Waals surface area contributed by atoms with E-state index in [1.54, 1.807) is 24.4 Å². The van der Waals surface area contributed by atoms with Crippen molar-refractivity contribution in [1.82, 2.24) is 4.72 Å². The molecular weight excluding hydrogens is 481 g/mol. The van der Waals surface area contributed by atoms with Crippen LogP contribution in [0.5, 0.6) is 0 Å². The van der Waals surface area contributed by atoms with E-state index in [9.17, 15) is 8.42 Å². The molecule has 1 aromatic carbocycles. The van der Waals surface area contributed by atoms with E-state index in [-0.39, 0.29) is 10.8 Å². The second-order valence-electron chi connectivity index (χ2n) is 5.80. The number of allylic oxidation sites excluding steroid dienone is 4. The third kappa shape index (κ3) is 5.70. The number of hydrogen-bond donors (Lipinski definition) is 2. The van der Waals surface area contributed by atoms with Crippen molar-refractivity contribution < 1.29 is 29.6 Å². The summed E-state index contributed by atoms with van der Waals surface area (Å²) in [5, 5.41) is 5.69. The van der Waals surface area contributed by atoms with Gasteiger partial charge in [0.05, 0.1) is 0 Å². The van der Waals surface area contributed by atoms with Crippen LogP contribution < -0.4 is 31.1 Å². The average Bonchev–Trinajstić information content (AvgIpc) is 2.84. The van der Waals surface area contributed by atoms with E-state index in [0.717, 1.165) is 12.2 Å². The van der Waals surface area contributed by atoms with Crippen LogP contribution >= 0.6 is 11.9 Å². The molecule has 0 saturated carbocycles. The number of benzene rings is 1. The molecule has 0 aromatic heterocycles. The van der Waals surface area contributed by atoms with Gasteiger partial charge in [0.1, 0.15) is 0 Å². The Labute approximate surface area is 170 Å². The van der Waals surface area contributed by atoms with E-state index < -0.39 is 31.2 Å². The van der Waals surface area contributed by atoms with E-state index in [1.165, 1.54) is 11.9 Å². The summed E-state index contributed by atoms with van der Waals surface area (Å²) in [5.74, 6) is 0.258. The summed E-state index contributed by atoms with van der Waals surface area (Å²) in [6.07, 6.45) is 8.06. The van der Waals surface area contributed by atoms with Crippen molar-refractivity contribution in [2.24, 2.45) is 10.1 Å². The minimum atomic E-state index is -3.68. The molecule has 0 amide bonds. The fourth-order valence-electron chi connectivity index (χ4n) is 2.16. The van der Waals surface area contributed by atoms with Gasteiger partial charge in [-0.3, -0.25) is 0 Å². The Kier molecular flexibility index (Phi) is 7.93. The number of halogens is 1. The van der Waals surface area contributed by atoms with E-state index in [4.69, 9.17) is 5.14 Å². The SMILES string of the molecule is C/C=C(\SN)[I-]C1=NC=CCC=C1NS(=O)(=O)c1cccc(C(C)C)c1. The van der Waals surface area contributed by atoms with Crippen molar-refractivity contribution in [3.05, 3.63) is 62.9 Å². The van der Waals surface area contributed by atoms with Crippen LogP contribution in [-0.4, -0.2) is 12.1 Å². The van der Waals surface area contributed by atoms with Gasteiger partial charge in [0, 0.05) is 0 Å². The molecule has 3 N–H and O–H groups in total. The monoisotopic (exact) mass is 504 g/mol. The first kappa shape index (κ1) is 21.2. The Morgan fingerprint density at radius 2 is 2.19 bits per heavy atom. The predicted molar refractivity (Wildman–Crippen MR) is 106 cm³/mol. The standard InChI is InChI=1S/C18H23IN3O2S2/c1-4-17(25-20)19-18-16(10-5-6-11-21-18)22-26(23,24)15-9-7-8-14(12-15)13(2)3/h4,6-13,22H,5,20H2,1-3H3/q-1/b17-4-. The second kappa shape index (κ2) is 9.72. The Balaban J connectivity index is 2.31. The van der Waals surface area contributed by atoms with Gasteiger partial charge >= 0.3 is 171 Å². The zero-order valence-electron chi connectivity index (χ0n) is 14.9. The Bertz CT molecular complexity index is 872. The number of nitrogens with one attached hydrogen (secondary N) is 1. The molecular formula is C18H23IN3O2S2-. The van der Waals surface area contributed by atoms with Crippen molar-refractivity contribution in [1.29, 1.82) is 0 Å². The van der Waals surface area contributed by atoms with Crippen molar-refractivity contribution in [2.45, 2.75) is 38.0 Å². The molecule has 2 rings (SSSR count). The number of nitrogens with zero attached hydrogens (tertiary/aromatic N) is 1. The van der Waals surface area contributed by atoms with Crippen LogP contribution in [0.2, 0.25) is 0 Å². The Morgan fingerprint density at radius 1 is 1.42 bits per heavy atom. The van der Waals surface area contributed by atoms with Crippen LogP contribution in [0.3, 0.4) is 0 Å². The molecule has 0 fully saturated rings. The van der Waals surface area contributed by atoms with Gasteiger partial charge in [0.25, 0.3) is 0 Å². The zero-order chi connectivity index (χ0) is 19.2. The number of hydrogen-bond acceptors (Lipinski definition) is 5. The van der Waals surface area contributed by atoms with Crippen molar-refractivity contribution in [2.75, 3.05) is 0 Å². The minimum absolute atomic E-state index is 0.258. The summed E-state index contributed by atoms with van der Waals surface area (Å²) >= 11 is 0.533. The van der Waals surface area contributed by atoms with Crippen LogP contribution in [0.4, 0.5) is 0 Å². The second-order valence-corrected chi connectivity index (χ2v) is 11.6. The molecule has 142 valence electrons. The number of sulfonamides is 1. The molecule has 0 spiro atoms. The summed E-state index contributed by atoms with van der Waals surface area (Å²) in [4.78, 5) is 4.71. The van der Waals surface area contributed by atoms with E-state index in [0.29, 0.717) is 12.1 Å². The molecule has 1 aliphatic heterocycles. The molecule has 0 radical (unpaired) electrons. The summed E-state index contributed by atoms with van der Waals surface area (Å²) in [5.41, 5.74) is 1.53. The molecule has 1 heterocycles. The third-order valence-corrected chi connectivity index (χ3v) is 9.20. The molecule has 0 aliphatic carbocycles. The van der Waals surface area contributed by atoms with Gasteiger partial charge in [-0.05, 0) is 0 Å². The van der Waals surface area contributed by atoms with Gasteiger partial charge in [0.15, 0.2) is 0 Å². The molecule has 5 nitrogen and oxygen atoms in total. The summed E-state index contributed by atoms with van der Waals surface area (Å²) in [7, 11) is -3.68. The maximum absolute atomic E-state index is 12.9. The molecule has 8 heteroatoms. The topological polar surface area (TPSA) is 84.5 Å². The first-order valence-electron chi connectivity index (χ1n) is 8.11. The van der Waals surface area contributed by atoms with Gasteiger partial charge in [-0.15, -0.1) is 0 Å². The molecule has 26 heavy (non-hydrogen) atoms. The molecule has 0 bridgehead atoms. The molecule has 0 atom stereocenters. The normalized spacial score (nSPS) is 15.7. The number of aliphatic imine (C=N–C) groups is 1. The zero-order valence-corrected chi connectivity index (χ0v) is 18.7. The van der Waals surface area contributed by atoms with Crippen LogP contribution in [0, 0.1) is 0 Å². The van der Waals surface area contributed by atoms with Crippen molar-refractivity contribution in [3.63, 3.8) is 0 Å². The van der Waals surface area contributed by atoms with Crippen LogP contribution in [0.25, 0.3) is 0 Å². The Hall–Kier alpha value is -1.10. The quantitative estimate of drug-likeness (QED) is 0.426. The maximum atomic E-state index is 12.9. The van der Waals surface area contributed by atoms with Crippen molar-refractivity contribution >= 4 is 25.7 Å². The van der Waals surface area contributed by atoms with E-state index >= 15 is 0 Å². The predicted octanol–water partition coefficient (Wildman–Crippen LogP) is 0.845. The van der Waals surface area contributed by atoms with Gasteiger partial charge < -0.3 is 0 Å². The van der Waals surface area contributed by atoms with Crippen LogP contribution in [0.1, 0.15) is 38.7 Å².